The van der Waals surface area contributed by atoms with Crippen molar-refractivity contribution in [3.05, 3.63) is 90.0 Å². The first-order valence-corrected chi connectivity index (χ1v) is 12.0. The zero-order valence-electron chi connectivity index (χ0n) is 20.4. The molecule has 0 N–H and O–H groups in total. The number of rotatable bonds is 6. The van der Waals surface area contributed by atoms with E-state index in [-0.39, 0.29) is 23.1 Å². The van der Waals surface area contributed by atoms with Crippen LogP contribution >= 0.6 is 0 Å². The van der Waals surface area contributed by atoms with Gasteiger partial charge >= 0.3 is 0 Å². The van der Waals surface area contributed by atoms with E-state index in [0.717, 1.165) is 22.6 Å². The van der Waals surface area contributed by atoms with E-state index in [9.17, 15) is 9.18 Å². The highest BCUT2D eigenvalue weighted by Gasteiger charge is 2.35. The first-order valence-electron chi connectivity index (χ1n) is 12.0. The van der Waals surface area contributed by atoms with Crippen LogP contribution in [-0.2, 0) is 16.8 Å². The fourth-order valence-corrected chi connectivity index (χ4v) is 4.73. The third-order valence-electron chi connectivity index (χ3n) is 6.62. The van der Waals surface area contributed by atoms with Gasteiger partial charge in [0.05, 0.1) is 23.3 Å². The van der Waals surface area contributed by atoms with Gasteiger partial charge < -0.3 is 14.2 Å². The minimum absolute atomic E-state index is 0.0890. The van der Waals surface area contributed by atoms with E-state index in [4.69, 9.17) is 9.72 Å². The van der Waals surface area contributed by atoms with E-state index < -0.39 is 0 Å². The van der Waals surface area contributed by atoms with Crippen LogP contribution in [0.1, 0.15) is 44.5 Å². The number of ether oxygens (including phenoxy) is 1. The van der Waals surface area contributed by atoms with Crippen molar-refractivity contribution >= 4 is 22.6 Å². The molecule has 0 aliphatic carbocycles. The summed E-state index contributed by atoms with van der Waals surface area (Å²) in [7, 11) is 0. The molecule has 0 saturated carbocycles. The molecule has 0 radical (unpaired) electrons. The fraction of sp³-hybridized carbons (Fsp3) is 0.310. The summed E-state index contributed by atoms with van der Waals surface area (Å²) in [6.45, 7) is 8.04. The number of fused-ring (bicyclic) bond motifs is 1. The molecule has 1 amide bonds. The molecule has 1 atom stereocenters. The number of anilines is 1. The predicted octanol–water partition coefficient (Wildman–Crippen LogP) is 6.07. The summed E-state index contributed by atoms with van der Waals surface area (Å²) >= 11 is 0. The zero-order valence-corrected chi connectivity index (χ0v) is 20.4. The van der Waals surface area contributed by atoms with Crippen LogP contribution in [0.4, 0.5) is 10.1 Å². The molecule has 6 heteroatoms. The SMILES string of the molecule is CC(C)(C)c1ccc(OCCn2c(C3CC(=O)N(c4ccccc4F)C3)nc3ccccc32)cc1. The van der Waals surface area contributed by atoms with Gasteiger partial charge in [-0.05, 0) is 47.4 Å². The summed E-state index contributed by atoms with van der Waals surface area (Å²) in [5.41, 5.74) is 3.57. The van der Waals surface area contributed by atoms with Crippen molar-refractivity contribution < 1.29 is 13.9 Å². The Hall–Kier alpha value is -3.67. The Bertz CT molecular complexity index is 1350. The van der Waals surface area contributed by atoms with Crippen LogP contribution in [0.5, 0.6) is 5.75 Å². The Morgan fingerprint density at radius 2 is 1.71 bits per heavy atom. The summed E-state index contributed by atoms with van der Waals surface area (Å²) in [5, 5.41) is 0. The molecule has 1 fully saturated rings. The number of hydrogen-bond donors (Lipinski definition) is 0. The molecule has 35 heavy (non-hydrogen) atoms. The molecular weight excluding hydrogens is 441 g/mol. The molecule has 0 spiro atoms. The highest BCUT2D eigenvalue weighted by molar-refractivity contribution is 5.96. The smallest absolute Gasteiger partial charge is 0.227 e. The van der Waals surface area contributed by atoms with Gasteiger partial charge in [-0.1, -0.05) is 57.2 Å². The molecule has 1 aliphatic rings. The molecule has 180 valence electrons. The standard InChI is InChI=1S/C29H30FN3O2/c1-29(2,3)21-12-14-22(15-13-21)35-17-16-32-26-11-7-5-9-24(26)31-28(32)20-18-27(34)33(19-20)25-10-6-4-8-23(25)30/h4-15,20H,16-19H2,1-3H3. The van der Waals surface area contributed by atoms with E-state index in [0.29, 0.717) is 31.8 Å². The second-order valence-electron chi connectivity index (χ2n) is 10.1. The van der Waals surface area contributed by atoms with Crippen LogP contribution < -0.4 is 9.64 Å². The first kappa shape index (κ1) is 23.1. The third kappa shape index (κ3) is 4.65. The van der Waals surface area contributed by atoms with Crippen molar-refractivity contribution in [3.8, 4) is 5.75 Å². The average Bonchev–Trinajstić information content (AvgIpc) is 3.40. The Morgan fingerprint density at radius 3 is 2.46 bits per heavy atom. The van der Waals surface area contributed by atoms with E-state index in [1.54, 1.807) is 18.2 Å². The van der Waals surface area contributed by atoms with Crippen LogP contribution in [-0.4, -0.2) is 28.6 Å². The van der Waals surface area contributed by atoms with Crippen LogP contribution in [0.3, 0.4) is 0 Å². The molecule has 5 nitrogen and oxygen atoms in total. The molecule has 5 rings (SSSR count). The van der Waals surface area contributed by atoms with Crippen molar-refractivity contribution in [2.75, 3.05) is 18.1 Å². The highest BCUT2D eigenvalue weighted by Crippen LogP contribution is 2.34. The molecule has 3 aromatic carbocycles. The number of halogens is 1. The van der Waals surface area contributed by atoms with E-state index >= 15 is 0 Å². The lowest BCUT2D eigenvalue weighted by Gasteiger charge is -2.19. The summed E-state index contributed by atoms with van der Waals surface area (Å²) in [6.07, 6.45) is 0.298. The molecule has 1 aromatic heterocycles. The summed E-state index contributed by atoms with van der Waals surface area (Å²) < 4.78 is 22.6. The van der Waals surface area contributed by atoms with Gasteiger partial charge in [-0.25, -0.2) is 9.37 Å². The minimum atomic E-state index is -0.388. The number of hydrogen-bond acceptors (Lipinski definition) is 3. The minimum Gasteiger partial charge on any atom is -0.492 e. The van der Waals surface area contributed by atoms with Crippen LogP contribution in [0.2, 0.25) is 0 Å². The summed E-state index contributed by atoms with van der Waals surface area (Å²) in [4.78, 5) is 19.2. The molecule has 0 bridgehead atoms. The fourth-order valence-electron chi connectivity index (χ4n) is 4.73. The van der Waals surface area contributed by atoms with Crippen LogP contribution in [0.15, 0.2) is 72.8 Å². The predicted molar refractivity (Wildman–Crippen MR) is 136 cm³/mol. The largest absolute Gasteiger partial charge is 0.492 e. The number of benzene rings is 3. The Balaban J connectivity index is 1.36. The van der Waals surface area contributed by atoms with E-state index in [1.807, 2.05) is 36.4 Å². The second-order valence-corrected chi connectivity index (χ2v) is 10.1. The first-order chi connectivity index (χ1) is 16.8. The number of carbonyl (C=O) groups excluding carboxylic acids is 1. The van der Waals surface area contributed by atoms with E-state index in [2.05, 4.69) is 37.5 Å². The topological polar surface area (TPSA) is 47.4 Å². The summed E-state index contributed by atoms with van der Waals surface area (Å²) in [5.74, 6) is 1.06. The number of nitrogens with zero attached hydrogens (tertiary/aromatic N) is 3. The van der Waals surface area contributed by atoms with Gasteiger partial charge in [0.25, 0.3) is 0 Å². The highest BCUT2D eigenvalue weighted by atomic mass is 19.1. The maximum atomic E-state index is 14.4. The van der Waals surface area contributed by atoms with Gasteiger partial charge in [0, 0.05) is 18.9 Å². The van der Waals surface area contributed by atoms with Crippen molar-refractivity contribution in [1.82, 2.24) is 9.55 Å². The Kier molecular flexibility index (Phi) is 6.05. The van der Waals surface area contributed by atoms with Gasteiger partial charge in [-0.15, -0.1) is 0 Å². The quantitative estimate of drug-likeness (QED) is 0.343. The Labute approximate surface area is 205 Å². The van der Waals surface area contributed by atoms with Crippen molar-refractivity contribution in [2.45, 2.75) is 45.1 Å². The lowest BCUT2D eigenvalue weighted by atomic mass is 9.87. The second kappa shape index (κ2) is 9.17. The van der Waals surface area contributed by atoms with Crippen molar-refractivity contribution in [1.29, 1.82) is 0 Å². The molecule has 1 unspecified atom stereocenters. The molecule has 1 aliphatic heterocycles. The number of amides is 1. The zero-order chi connectivity index (χ0) is 24.6. The third-order valence-corrected chi connectivity index (χ3v) is 6.62. The normalized spacial score (nSPS) is 16.3. The van der Waals surface area contributed by atoms with E-state index in [1.165, 1.54) is 16.5 Å². The molecule has 1 saturated heterocycles. The Morgan fingerprint density at radius 1 is 1.00 bits per heavy atom. The lowest BCUT2D eigenvalue weighted by molar-refractivity contribution is -0.117. The van der Waals surface area contributed by atoms with Gasteiger partial charge in [-0.3, -0.25) is 4.79 Å². The molecule has 2 heterocycles. The van der Waals surface area contributed by atoms with Crippen molar-refractivity contribution in [3.63, 3.8) is 0 Å². The number of para-hydroxylation sites is 3. The summed E-state index contributed by atoms with van der Waals surface area (Å²) in [6, 6.07) is 22.6. The van der Waals surface area contributed by atoms with Gasteiger partial charge in [-0.2, -0.15) is 0 Å². The average molecular weight is 472 g/mol. The van der Waals surface area contributed by atoms with Gasteiger partial charge in [0.1, 0.15) is 24.0 Å². The van der Waals surface area contributed by atoms with Crippen LogP contribution in [0, 0.1) is 5.82 Å². The van der Waals surface area contributed by atoms with Crippen molar-refractivity contribution in [2.24, 2.45) is 0 Å². The maximum Gasteiger partial charge on any atom is 0.227 e. The number of imidazole rings is 1. The lowest BCUT2D eigenvalue weighted by Crippen LogP contribution is -2.25. The van der Waals surface area contributed by atoms with Gasteiger partial charge in [0.2, 0.25) is 5.91 Å². The van der Waals surface area contributed by atoms with Crippen LogP contribution in [0.25, 0.3) is 11.0 Å². The number of aromatic nitrogens is 2. The maximum absolute atomic E-state index is 14.4. The molecule has 4 aromatic rings. The molecular formula is C29H30FN3O2. The van der Waals surface area contributed by atoms with Gasteiger partial charge in [0.15, 0.2) is 0 Å². The monoisotopic (exact) mass is 471 g/mol. The number of carbonyl (C=O) groups is 1.